The van der Waals surface area contributed by atoms with Crippen molar-refractivity contribution >= 4 is 9.84 Å². The van der Waals surface area contributed by atoms with E-state index in [1.807, 2.05) is 12.1 Å². The Labute approximate surface area is 135 Å². The van der Waals surface area contributed by atoms with Crippen molar-refractivity contribution in [3.8, 4) is 5.88 Å². The largest absolute Gasteiger partial charge is 0.481 e. The highest BCUT2D eigenvalue weighted by Gasteiger charge is 2.21. The van der Waals surface area contributed by atoms with E-state index < -0.39 is 9.84 Å². The summed E-state index contributed by atoms with van der Waals surface area (Å²) in [6, 6.07) is 3.83. The molecule has 1 aliphatic rings. The van der Waals surface area contributed by atoms with Gasteiger partial charge in [-0.15, -0.1) is 0 Å². The van der Waals surface area contributed by atoms with Crippen molar-refractivity contribution in [3.05, 3.63) is 41.3 Å². The van der Waals surface area contributed by atoms with Crippen LogP contribution in [0.4, 0.5) is 0 Å². The first-order valence-electron chi connectivity index (χ1n) is 7.22. The SMILES string of the molecule is COc1ccc(CN2CCc3nc(S(C)(=O)=O)ncc3C2)cn1. The highest BCUT2D eigenvalue weighted by atomic mass is 32.2. The molecule has 0 amide bonds. The molecule has 23 heavy (non-hydrogen) atoms. The average Bonchev–Trinajstić information content (AvgIpc) is 2.54. The van der Waals surface area contributed by atoms with E-state index in [0.29, 0.717) is 18.8 Å². The summed E-state index contributed by atoms with van der Waals surface area (Å²) >= 11 is 0. The molecule has 0 saturated heterocycles. The third kappa shape index (κ3) is 3.65. The zero-order valence-corrected chi connectivity index (χ0v) is 13.9. The molecule has 0 spiro atoms. The second kappa shape index (κ2) is 6.21. The number of nitrogens with zero attached hydrogens (tertiary/aromatic N) is 4. The maximum atomic E-state index is 11.5. The number of hydrogen-bond acceptors (Lipinski definition) is 7. The van der Waals surface area contributed by atoms with Crippen LogP contribution in [0.15, 0.2) is 29.7 Å². The van der Waals surface area contributed by atoms with Crippen LogP contribution in [-0.2, 0) is 29.3 Å². The second-order valence-electron chi connectivity index (χ2n) is 5.57. The van der Waals surface area contributed by atoms with Crippen LogP contribution in [0.25, 0.3) is 0 Å². The fraction of sp³-hybridized carbons (Fsp3) is 0.400. The third-order valence-electron chi connectivity index (χ3n) is 3.74. The average molecular weight is 334 g/mol. The number of fused-ring (bicyclic) bond motifs is 1. The van der Waals surface area contributed by atoms with Gasteiger partial charge in [-0.3, -0.25) is 4.90 Å². The summed E-state index contributed by atoms with van der Waals surface area (Å²) in [5.74, 6) is 0.597. The lowest BCUT2D eigenvalue weighted by atomic mass is 10.1. The van der Waals surface area contributed by atoms with Crippen LogP contribution in [0.5, 0.6) is 5.88 Å². The Morgan fingerprint density at radius 1 is 1.26 bits per heavy atom. The molecule has 3 heterocycles. The maximum absolute atomic E-state index is 11.5. The van der Waals surface area contributed by atoms with Gasteiger partial charge in [0.05, 0.1) is 12.8 Å². The number of pyridine rings is 1. The molecule has 2 aromatic rings. The summed E-state index contributed by atoms with van der Waals surface area (Å²) < 4.78 is 28.1. The molecule has 0 unspecified atom stereocenters. The molecule has 8 heteroatoms. The highest BCUT2D eigenvalue weighted by molar-refractivity contribution is 7.90. The van der Waals surface area contributed by atoms with Gasteiger partial charge in [-0.25, -0.2) is 23.4 Å². The van der Waals surface area contributed by atoms with E-state index in [2.05, 4.69) is 19.9 Å². The van der Waals surface area contributed by atoms with Gasteiger partial charge in [-0.2, -0.15) is 0 Å². The molecular weight excluding hydrogens is 316 g/mol. The predicted octanol–water partition coefficient (Wildman–Crippen LogP) is 0.842. The van der Waals surface area contributed by atoms with E-state index in [9.17, 15) is 8.42 Å². The quantitative estimate of drug-likeness (QED) is 0.766. The molecule has 0 atom stereocenters. The lowest BCUT2D eigenvalue weighted by molar-refractivity contribution is 0.241. The van der Waals surface area contributed by atoms with Crippen LogP contribution < -0.4 is 4.74 Å². The minimum absolute atomic E-state index is 0.0935. The third-order valence-corrected chi connectivity index (χ3v) is 4.60. The van der Waals surface area contributed by atoms with Crippen LogP contribution in [0.1, 0.15) is 16.8 Å². The molecule has 0 aliphatic carbocycles. The summed E-state index contributed by atoms with van der Waals surface area (Å²) in [5.41, 5.74) is 2.90. The lowest BCUT2D eigenvalue weighted by Gasteiger charge is -2.27. The number of methoxy groups -OCH3 is 1. The van der Waals surface area contributed by atoms with E-state index in [0.717, 1.165) is 36.2 Å². The van der Waals surface area contributed by atoms with Gasteiger partial charge < -0.3 is 4.74 Å². The first-order valence-corrected chi connectivity index (χ1v) is 9.11. The predicted molar refractivity (Wildman–Crippen MR) is 83.7 cm³/mol. The van der Waals surface area contributed by atoms with Crippen molar-refractivity contribution in [1.29, 1.82) is 0 Å². The summed E-state index contributed by atoms with van der Waals surface area (Å²) in [5, 5.41) is -0.0935. The summed E-state index contributed by atoms with van der Waals surface area (Å²) in [4.78, 5) is 14.6. The Balaban J connectivity index is 1.72. The van der Waals surface area contributed by atoms with E-state index in [-0.39, 0.29) is 5.16 Å². The molecule has 0 bridgehead atoms. The first-order chi connectivity index (χ1) is 11.0. The molecule has 0 saturated carbocycles. The Kier molecular flexibility index (Phi) is 4.27. The molecule has 0 radical (unpaired) electrons. The number of aromatic nitrogens is 3. The summed E-state index contributed by atoms with van der Waals surface area (Å²) in [6.45, 7) is 2.29. The van der Waals surface area contributed by atoms with Gasteiger partial charge >= 0.3 is 0 Å². The van der Waals surface area contributed by atoms with Gasteiger partial charge in [0, 0.05) is 56.3 Å². The van der Waals surface area contributed by atoms with E-state index >= 15 is 0 Å². The monoisotopic (exact) mass is 334 g/mol. The minimum Gasteiger partial charge on any atom is -0.481 e. The smallest absolute Gasteiger partial charge is 0.246 e. The summed E-state index contributed by atoms with van der Waals surface area (Å²) in [7, 11) is -1.77. The Morgan fingerprint density at radius 2 is 2.09 bits per heavy atom. The van der Waals surface area contributed by atoms with Gasteiger partial charge in [-0.1, -0.05) is 6.07 Å². The zero-order chi connectivity index (χ0) is 16.4. The fourth-order valence-electron chi connectivity index (χ4n) is 2.55. The molecule has 122 valence electrons. The lowest BCUT2D eigenvalue weighted by Crippen LogP contribution is -2.31. The number of sulfone groups is 1. The zero-order valence-electron chi connectivity index (χ0n) is 13.1. The molecule has 0 aromatic carbocycles. The normalized spacial score (nSPS) is 15.2. The van der Waals surface area contributed by atoms with Crippen LogP contribution in [0, 0.1) is 0 Å². The Hall–Kier alpha value is -2.06. The molecule has 1 aliphatic heterocycles. The van der Waals surface area contributed by atoms with E-state index in [1.165, 1.54) is 0 Å². The number of hydrogen-bond donors (Lipinski definition) is 0. The van der Waals surface area contributed by atoms with Crippen molar-refractivity contribution in [2.75, 3.05) is 19.9 Å². The first kappa shape index (κ1) is 15.8. The summed E-state index contributed by atoms with van der Waals surface area (Å²) in [6.07, 6.45) is 5.26. The van der Waals surface area contributed by atoms with Crippen LogP contribution in [-0.4, -0.2) is 48.2 Å². The van der Waals surface area contributed by atoms with Gasteiger partial charge in [-0.05, 0) is 5.56 Å². The number of rotatable bonds is 4. The van der Waals surface area contributed by atoms with Crippen molar-refractivity contribution in [2.24, 2.45) is 0 Å². The Bertz CT molecular complexity index is 806. The molecular formula is C15H18N4O3S. The Morgan fingerprint density at radius 3 is 2.74 bits per heavy atom. The second-order valence-corrected chi connectivity index (χ2v) is 7.48. The molecule has 7 nitrogen and oxygen atoms in total. The molecule has 0 N–H and O–H groups in total. The maximum Gasteiger partial charge on any atom is 0.246 e. The van der Waals surface area contributed by atoms with E-state index in [4.69, 9.17) is 4.74 Å². The van der Waals surface area contributed by atoms with Crippen molar-refractivity contribution in [3.63, 3.8) is 0 Å². The van der Waals surface area contributed by atoms with Gasteiger partial charge in [0.25, 0.3) is 0 Å². The van der Waals surface area contributed by atoms with E-state index in [1.54, 1.807) is 19.5 Å². The van der Waals surface area contributed by atoms with Crippen molar-refractivity contribution in [2.45, 2.75) is 24.7 Å². The van der Waals surface area contributed by atoms with Crippen LogP contribution >= 0.6 is 0 Å². The van der Waals surface area contributed by atoms with Gasteiger partial charge in [0.1, 0.15) is 0 Å². The fourth-order valence-corrected chi connectivity index (χ4v) is 3.07. The van der Waals surface area contributed by atoms with Crippen molar-refractivity contribution in [1.82, 2.24) is 19.9 Å². The standard InChI is InChI=1S/C15H18N4O3S/c1-22-14-4-3-11(7-16-14)9-19-6-5-13-12(10-19)8-17-15(18-13)23(2,20)21/h3-4,7-8H,5-6,9-10H2,1-2H3. The number of ether oxygens (including phenoxy) is 1. The molecule has 0 fully saturated rings. The van der Waals surface area contributed by atoms with Crippen molar-refractivity contribution < 1.29 is 13.2 Å². The topological polar surface area (TPSA) is 85.3 Å². The molecule has 3 rings (SSSR count). The van der Waals surface area contributed by atoms with Gasteiger partial charge in [0.15, 0.2) is 0 Å². The highest BCUT2D eigenvalue weighted by Crippen LogP contribution is 2.20. The molecule has 2 aromatic heterocycles. The van der Waals surface area contributed by atoms with Crippen LogP contribution in [0.3, 0.4) is 0 Å². The minimum atomic E-state index is -3.36. The van der Waals surface area contributed by atoms with Gasteiger partial charge in [0.2, 0.25) is 20.9 Å². The van der Waals surface area contributed by atoms with Crippen LogP contribution in [0.2, 0.25) is 0 Å².